The van der Waals surface area contributed by atoms with Crippen molar-refractivity contribution in [2.45, 2.75) is 82.3 Å². The number of nitrogens with one attached hydrogen (secondary N) is 1. The summed E-state index contributed by atoms with van der Waals surface area (Å²) in [5.74, 6) is 0.333. The minimum atomic E-state index is -1.14. The minimum Gasteiger partial charge on any atom is -0.504 e. The molecular formula is C23H31NO5. The van der Waals surface area contributed by atoms with Crippen LogP contribution in [0.1, 0.15) is 69.9 Å². The molecule has 0 heterocycles. The third-order valence-electron chi connectivity index (χ3n) is 7.28. The van der Waals surface area contributed by atoms with Gasteiger partial charge in [-0.1, -0.05) is 19.9 Å². The number of hydrogen-bond donors (Lipinski definition) is 3. The van der Waals surface area contributed by atoms with Crippen molar-refractivity contribution in [3.05, 3.63) is 23.3 Å². The summed E-state index contributed by atoms with van der Waals surface area (Å²) in [7, 11) is 0. The molecule has 4 rings (SSSR count). The van der Waals surface area contributed by atoms with E-state index in [0.29, 0.717) is 37.2 Å². The van der Waals surface area contributed by atoms with Crippen LogP contribution in [0, 0.1) is 5.92 Å². The molecule has 0 bridgehead atoms. The highest BCUT2D eigenvalue weighted by Gasteiger charge is 2.61. The fourth-order valence-electron chi connectivity index (χ4n) is 5.42. The Kier molecular flexibility index (Phi) is 5.20. The van der Waals surface area contributed by atoms with E-state index in [4.69, 9.17) is 4.74 Å². The maximum absolute atomic E-state index is 12.5. The lowest BCUT2D eigenvalue weighted by molar-refractivity contribution is -0.143. The molecule has 2 saturated carbocycles. The smallest absolute Gasteiger partial charge is 0.311 e. The van der Waals surface area contributed by atoms with Gasteiger partial charge in [-0.05, 0) is 56.2 Å². The van der Waals surface area contributed by atoms with Crippen LogP contribution in [0.15, 0.2) is 12.1 Å². The van der Waals surface area contributed by atoms with Gasteiger partial charge in [-0.3, -0.25) is 9.59 Å². The van der Waals surface area contributed by atoms with Crippen molar-refractivity contribution in [2.24, 2.45) is 5.92 Å². The van der Waals surface area contributed by atoms with E-state index in [1.54, 1.807) is 13.0 Å². The summed E-state index contributed by atoms with van der Waals surface area (Å²) in [5, 5.41) is 26.7. The van der Waals surface area contributed by atoms with E-state index in [2.05, 4.69) is 5.32 Å². The average molecular weight is 402 g/mol. The molecule has 0 saturated heterocycles. The molecule has 3 atom stereocenters. The lowest BCUT2D eigenvalue weighted by atomic mass is 9.51. The zero-order valence-corrected chi connectivity index (χ0v) is 17.3. The van der Waals surface area contributed by atoms with E-state index in [0.717, 1.165) is 12.1 Å². The Hall–Kier alpha value is -1.92. The van der Waals surface area contributed by atoms with E-state index in [-0.39, 0.29) is 36.2 Å². The molecule has 2 unspecified atom stereocenters. The van der Waals surface area contributed by atoms with Gasteiger partial charge in [0.1, 0.15) is 5.78 Å². The highest BCUT2D eigenvalue weighted by molar-refractivity contribution is 5.83. The number of benzene rings is 1. The number of fused-ring (bicyclic) bond motifs is 3. The highest BCUT2D eigenvalue weighted by atomic mass is 16.5. The molecule has 3 N–H and O–H groups in total. The van der Waals surface area contributed by atoms with Crippen LogP contribution in [0.2, 0.25) is 0 Å². The number of aliphatic hydroxyl groups is 1. The molecule has 29 heavy (non-hydrogen) atoms. The van der Waals surface area contributed by atoms with E-state index in [9.17, 15) is 19.8 Å². The number of carbonyl (C=O) groups excluding carboxylic acids is 2. The number of ketones is 1. The van der Waals surface area contributed by atoms with Crippen molar-refractivity contribution in [3.8, 4) is 11.5 Å². The highest BCUT2D eigenvalue weighted by Crippen LogP contribution is 2.57. The normalized spacial score (nSPS) is 31.1. The van der Waals surface area contributed by atoms with Crippen LogP contribution in [-0.2, 0) is 21.4 Å². The molecule has 6 heteroatoms. The third-order valence-corrected chi connectivity index (χ3v) is 7.28. The van der Waals surface area contributed by atoms with Gasteiger partial charge in [0.05, 0.1) is 5.60 Å². The first-order valence-corrected chi connectivity index (χ1v) is 10.9. The molecule has 0 aromatic heterocycles. The number of esters is 1. The molecule has 3 aliphatic carbocycles. The number of aromatic hydroxyl groups is 1. The second-order valence-electron chi connectivity index (χ2n) is 8.96. The first kappa shape index (κ1) is 20.4. The van der Waals surface area contributed by atoms with Gasteiger partial charge in [0.25, 0.3) is 0 Å². The number of phenols is 1. The molecule has 158 valence electrons. The lowest BCUT2D eigenvalue weighted by Gasteiger charge is -2.57. The molecular weight excluding hydrogens is 370 g/mol. The van der Waals surface area contributed by atoms with Crippen molar-refractivity contribution < 1.29 is 24.5 Å². The molecule has 0 radical (unpaired) electrons. The maximum Gasteiger partial charge on any atom is 0.311 e. The molecule has 3 aliphatic rings. The molecule has 0 spiro atoms. The summed E-state index contributed by atoms with van der Waals surface area (Å²) in [5.41, 5.74) is -0.534. The fourth-order valence-corrected chi connectivity index (χ4v) is 5.42. The minimum absolute atomic E-state index is 0.0978. The van der Waals surface area contributed by atoms with Crippen molar-refractivity contribution >= 4 is 11.8 Å². The van der Waals surface area contributed by atoms with Gasteiger partial charge < -0.3 is 20.3 Å². The first-order chi connectivity index (χ1) is 13.8. The third kappa shape index (κ3) is 3.26. The standard InChI is InChI=1S/C23H31NO5/c1-3-19(26)29-17-8-7-15-11-18(24-13-14-5-6-14)23(28)10-9-16(25)12-22(23,4-2)20(15)21(17)27/h7-8,14,18,24,27-28H,3-6,9-13H2,1-2H3/t18?,22?,23-/m1/s1. The van der Waals surface area contributed by atoms with Crippen LogP contribution in [0.25, 0.3) is 0 Å². The number of phenolic OH excluding ortho intramolecular Hbond substituents is 1. The van der Waals surface area contributed by atoms with Gasteiger partial charge in [0.2, 0.25) is 0 Å². The Labute approximate surface area is 171 Å². The molecule has 1 aromatic carbocycles. The Balaban J connectivity index is 1.82. The SMILES string of the molecule is CCC(=O)Oc1ccc2c(c1O)C1(CC)CC(=O)CC[C@@]1(O)C(NCC1CC1)C2. The Morgan fingerprint density at radius 2 is 2.07 bits per heavy atom. The van der Waals surface area contributed by atoms with E-state index >= 15 is 0 Å². The largest absolute Gasteiger partial charge is 0.504 e. The van der Waals surface area contributed by atoms with Crippen LogP contribution in [-0.4, -0.2) is 40.2 Å². The number of ether oxygens (including phenoxy) is 1. The van der Waals surface area contributed by atoms with Gasteiger partial charge in [0, 0.05) is 36.3 Å². The Bertz CT molecular complexity index is 833. The molecule has 0 amide bonds. The molecule has 2 fully saturated rings. The second kappa shape index (κ2) is 7.40. The lowest BCUT2D eigenvalue weighted by Crippen LogP contribution is -2.68. The molecule has 0 aliphatic heterocycles. The quantitative estimate of drug-likeness (QED) is 0.501. The zero-order valence-electron chi connectivity index (χ0n) is 17.3. The molecule has 1 aromatic rings. The average Bonchev–Trinajstić information content (AvgIpc) is 3.53. The topological polar surface area (TPSA) is 95.9 Å². The van der Waals surface area contributed by atoms with Crippen molar-refractivity contribution in [2.75, 3.05) is 6.54 Å². The zero-order chi connectivity index (χ0) is 20.8. The summed E-state index contributed by atoms with van der Waals surface area (Å²) in [6.45, 7) is 4.52. The number of hydrogen-bond acceptors (Lipinski definition) is 6. The van der Waals surface area contributed by atoms with Gasteiger partial charge in [-0.25, -0.2) is 0 Å². The predicted molar refractivity (Wildman–Crippen MR) is 108 cm³/mol. The van der Waals surface area contributed by atoms with Gasteiger partial charge in [0.15, 0.2) is 11.5 Å². The predicted octanol–water partition coefficient (Wildman–Crippen LogP) is 2.76. The van der Waals surface area contributed by atoms with Gasteiger partial charge in [-0.2, -0.15) is 0 Å². The number of rotatable bonds is 6. The fraction of sp³-hybridized carbons (Fsp3) is 0.652. The monoisotopic (exact) mass is 401 g/mol. The maximum atomic E-state index is 12.5. The van der Waals surface area contributed by atoms with Crippen molar-refractivity contribution in [1.82, 2.24) is 5.32 Å². The summed E-state index contributed by atoms with van der Waals surface area (Å²) < 4.78 is 5.33. The summed E-state index contributed by atoms with van der Waals surface area (Å²) >= 11 is 0. The summed E-state index contributed by atoms with van der Waals surface area (Å²) in [4.78, 5) is 24.3. The summed E-state index contributed by atoms with van der Waals surface area (Å²) in [6, 6.07) is 3.32. The van der Waals surface area contributed by atoms with Crippen LogP contribution >= 0.6 is 0 Å². The van der Waals surface area contributed by atoms with Crippen LogP contribution < -0.4 is 10.1 Å². The van der Waals surface area contributed by atoms with Gasteiger partial charge in [-0.15, -0.1) is 0 Å². The van der Waals surface area contributed by atoms with E-state index < -0.39 is 17.0 Å². The second-order valence-corrected chi connectivity index (χ2v) is 8.96. The van der Waals surface area contributed by atoms with Crippen molar-refractivity contribution in [3.63, 3.8) is 0 Å². The van der Waals surface area contributed by atoms with Crippen molar-refractivity contribution in [1.29, 1.82) is 0 Å². The first-order valence-electron chi connectivity index (χ1n) is 10.9. The summed E-state index contributed by atoms with van der Waals surface area (Å²) in [6.07, 6.45) is 4.64. The van der Waals surface area contributed by atoms with E-state index in [1.165, 1.54) is 12.8 Å². The van der Waals surface area contributed by atoms with Crippen LogP contribution in [0.4, 0.5) is 0 Å². The van der Waals surface area contributed by atoms with Gasteiger partial charge >= 0.3 is 5.97 Å². The Morgan fingerprint density at radius 3 is 2.72 bits per heavy atom. The number of carbonyl (C=O) groups is 2. The van der Waals surface area contributed by atoms with Crippen LogP contribution in [0.3, 0.4) is 0 Å². The molecule has 6 nitrogen and oxygen atoms in total. The van der Waals surface area contributed by atoms with E-state index in [1.807, 2.05) is 13.0 Å². The number of Topliss-reactive ketones (excluding diaryl/α,β-unsaturated/α-hetero) is 1. The van der Waals surface area contributed by atoms with Crippen LogP contribution in [0.5, 0.6) is 11.5 Å². The Morgan fingerprint density at radius 1 is 1.31 bits per heavy atom.